The minimum Gasteiger partial charge on any atom is -0.383 e. The summed E-state index contributed by atoms with van der Waals surface area (Å²) in [4.78, 5) is 37.8. The first-order valence-corrected chi connectivity index (χ1v) is 8.07. The normalized spacial score (nSPS) is 12.3. The van der Waals surface area contributed by atoms with E-state index in [-0.39, 0.29) is 18.0 Å². The third kappa shape index (κ3) is 3.26. The second-order valence-electron chi connectivity index (χ2n) is 5.43. The molecule has 0 bridgehead atoms. The van der Waals surface area contributed by atoms with E-state index < -0.39 is 11.7 Å². The molecule has 1 aromatic heterocycles. The van der Waals surface area contributed by atoms with Crippen LogP contribution in [0.3, 0.4) is 0 Å². The van der Waals surface area contributed by atoms with E-state index in [0.717, 1.165) is 4.57 Å². The number of methoxy groups -OCH3 is 1. The Morgan fingerprint density at radius 2 is 1.96 bits per heavy atom. The van der Waals surface area contributed by atoms with Crippen LogP contribution in [0.5, 0.6) is 0 Å². The van der Waals surface area contributed by atoms with Crippen LogP contribution in [0, 0.1) is 0 Å². The Morgan fingerprint density at radius 1 is 1.25 bits per heavy atom. The molecule has 7 heteroatoms. The van der Waals surface area contributed by atoms with Gasteiger partial charge in [0.15, 0.2) is 0 Å². The molecule has 2 rings (SSSR count). The van der Waals surface area contributed by atoms with Crippen molar-refractivity contribution in [2.75, 3.05) is 20.3 Å². The average molecular weight is 333 g/mol. The Bertz CT molecular complexity index is 838. The van der Waals surface area contributed by atoms with Gasteiger partial charge in [-0.1, -0.05) is 19.1 Å². The maximum Gasteiger partial charge on any atom is 0.332 e. The van der Waals surface area contributed by atoms with Crippen molar-refractivity contribution in [1.82, 2.24) is 14.5 Å². The summed E-state index contributed by atoms with van der Waals surface area (Å²) in [5.74, 6) is -0.261. The van der Waals surface area contributed by atoms with Gasteiger partial charge in [-0.3, -0.25) is 18.7 Å². The maximum absolute atomic E-state index is 12.8. The lowest BCUT2D eigenvalue weighted by molar-refractivity contribution is -0.124. The van der Waals surface area contributed by atoms with Crippen molar-refractivity contribution in [3.05, 3.63) is 45.1 Å². The molecule has 0 aliphatic heterocycles. The number of carbonyl (C=O) groups is 1. The second kappa shape index (κ2) is 7.92. The standard InChI is InChI=1S/C17H23N3O4/c1-4-13(15(21)18-10-11-24-3)20-14-9-7-6-8-12(14)16(22)19(5-2)17(20)23/h6-9,13H,4-5,10-11H2,1-3H3,(H,18,21)/t13-/m0/s1. The number of nitrogens with zero attached hydrogens (tertiary/aromatic N) is 2. The van der Waals surface area contributed by atoms with E-state index in [0.29, 0.717) is 30.5 Å². The molecule has 1 atom stereocenters. The number of aromatic nitrogens is 2. The molecule has 0 saturated heterocycles. The molecule has 130 valence electrons. The summed E-state index contributed by atoms with van der Waals surface area (Å²) in [6.45, 7) is 4.59. The zero-order valence-corrected chi connectivity index (χ0v) is 14.2. The van der Waals surface area contributed by atoms with Gasteiger partial charge >= 0.3 is 5.69 Å². The molecule has 7 nitrogen and oxygen atoms in total. The van der Waals surface area contributed by atoms with Gasteiger partial charge in [0, 0.05) is 20.2 Å². The zero-order chi connectivity index (χ0) is 17.7. The van der Waals surface area contributed by atoms with Crippen molar-refractivity contribution < 1.29 is 9.53 Å². The predicted molar refractivity (Wildman–Crippen MR) is 92.4 cm³/mol. The monoisotopic (exact) mass is 333 g/mol. The third-order valence-electron chi connectivity index (χ3n) is 4.00. The fraction of sp³-hybridized carbons (Fsp3) is 0.471. The highest BCUT2D eigenvalue weighted by Crippen LogP contribution is 2.16. The summed E-state index contributed by atoms with van der Waals surface area (Å²) in [6, 6.07) is 6.19. The van der Waals surface area contributed by atoms with Crippen LogP contribution in [0.25, 0.3) is 10.9 Å². The Morgan fingerprint density at radius 3 is 2.58 bits per heavy atom. The fourth-order valence-electron chi connectivity index (χ4n) is 2.79. The van der Waals surface area contributed by atoms with Crippen LogP contribution in [0.15, 0.2) is 33.9 Å². The third-order valence-corrected chi connectivity index (χ3v) is 4.00. The van der Waals surface area contributed by atoms with Gasteiger partial charge in [-0.15, -0.1) is 0 Å². The molecule has 1 heterocycles. The van der Waals surface area contributed by atoms with Gasteiger partial charge in [0.25, 0.3) is 5.56 Å². The number of amides is 1. The van der Waals surface area contributed by atoms with Gasteiger partial charge in [-0.05, 0) is 25.5 Å². The van der Waals surface area contributed by atoms with Gasteiger partial charge in [0.1, 0.15) is 6.04 Å². The summed E-state index contributed by atoms with van der Waals surface area (Å²) in [6.07, 6.45) is 0.435. The largest absolute Gasteiger partial charge is 0.383 e. The van der Waals surface area contributed by atoms with Crippen LogP contribution in [-0.4, -0.2) is 35.3 Å². The summed E-state index contributed by atoms with van der Waals surface area (Å²) >= 11 is 0. The van der Waals surface area contributed by atoms with Crippen LogP contribution >= 0.6 is 0 Å². The summed E-state index contributed by atoms with van der Waals surface area (Å²) in [7, 11) is 1.55. The van der Waals surface area contributed by atoms with E-state index in [9.17, 15) is 14.4 Å². The molecule has 0 saturated carbocycles. The smallest absolute Gasteiger partial charge is 0.332 e. The molecule has 0 radical (unpaired) electrons. The molecule has 1 amide bonds. The number of rotatable bonds is 7. The quantitative estimate of drug-likeness (QED) is 0.763. The van der Waals surface area contributed by atoms with Gasteiger partial charge in [0.2, 0.25) is 5.91 Å². The van der Waals surface area contributed by atoms with Crippen molar-refractivity contribution in [1.29, 1.82) is 0 Å². The van der Waals surface area contributed by atoms with Crippen molar-refractivity contribution in [3.8, 4) is 0 Å². The molecule has 0 fully saturated rings. The van der Waals surface area contributed by atoms with E-state index in [2.05, 4.69) is 5.32 Å². The van der Waals surface area contributed by atoms with Crippen LogP contribution < -0.4 is 16.6 Å². The molecule has 2 aromatic rings. The topological polar surface area (TPSA) is 82.3 Å². The maximum atomic E-state index is 12.8. The number of hydrogen-bond acceptors (Lipinski definition) is 4. The van der Waals surface area contributed by atoms with E-state index in [4.69, 9.17) is 4.74 Å². The zero-order valence-electron chi connectivity index (χ0n) is 14.2. The van der Waals surface area contributed by atoms with Crippen molar-refractivity contribution in [2.24, 2.45) is 0 Å². The Labute approximate surface area is 139 Å². The van der Waals surface area contributed by atoms with Crippen LogP contribution in [0.4, 0.5) is 0 Å². The molecular formula is C17H23N3O4. The molecule has 1 N–H and O–H groups in total. The van der Waals surface area contributed by atoms with Crippen LogP contribution in [0.1, 0.15) is 26.3 Å². The number of benzene rings is 1. The number of para-hydroxylation sites is 1. The molecule has 24 heavy (non-hydrogen) atoms. The minimum atomic E-state index is -0.683. The number of fused-ring (bicyclic) bond motifs is 1. The number of hydrogen-bond donors (Lipinski definition) is 1. The lowest BCUT2D eigenvalue weighted by Gasteiger charge is -2.21. The first-order valence-electron chi connectivity index (χ1n) is 8.07. The number of nitrogens with one attached hydrogen (secondary N) is 1. The van der Waals surface area contributed by atoms with Gasteiger partial charge in [-0.25, -0.2) is 4.79 Å². The van der Waals surface area contributed by atoms with Gasteiger partial charge in [-0.2, -0.15) is 0 Å². The first kappa shape index (κ1) is 17.9. The predicted octanol–water partition coefficient (Wildman–Crippen LogP) is 0.897. The molecule has 0 aliphatic carbocycles. The fourth-order valence-corrected chi connectivity index (χ4v) is 2.79. The lowest BCUT2D eigenvalue weighted by atomic mass is 10.1. The average Bonchev–Trinajstić information content (AvgIpc) is 2.59. The first-order chi connectivity index (χ1) is 11.6. The SMILES string of the molecule is CC[C@@H](C(=O)NCCOC)n1c(=O)n(CC)c(=O)c2ccccc21. The van der Waals surface area contributed by atoms with Crippen molar-refractivity contribution >= 4 is 16.8 Å². The number of carbonyl (C=O) groups excluding carboxylic acids is 1. The van der Waals surface area contributed by atoms with Crippen molar-refractivity contribution in [2.45, 2.75) is 32.9 Å². The van der Waals surface area contributed by atoms with Crippen LogP contribution in [0.2, 0.25) is 0 Å². The Kier molecular flexibility index (Phi) is 5.92. The Hall–Kier alpha value is -2.41. The van der Waals surface area contributed by atoms with E-state index in [1.54, 1.807) is 38.3 Å². The number of ether oxygens (including phenoxy) is 1. The van der Waals surface area contributed by atoms with Crippen LogP contribution in [-0.2, 0) is 16.1 Å². The van der Waals surface area contributed by atoms with Gasteiger partial charge in [0.05, 0.1) is 17.5 Å². The minimum absolute atomic E-state index is 0.254. The lowest BCUT2D eigenvalue weighted by Crippen LogP contribution is -2.45. The summed E-state index contributed by atoms with van der Waals surface area (Å²) < 4.78 is 7.51. The van der Waals surface area contributed by atoms with Gasteiger partial charge < -0.3 is 10.1 Å². The highest BCUT2D eigenvalue weighted by Gasteiger charge is 2.23. The highest BCUT2D eigenvalue weighted by molar-refractivity contribution is 5.84. The highest BCUT2D eigenvalue weighted by atomic mass is 16.5. The molecule has 0 aliphatic rings. The molecular weight excluding hydrogens is 310 g/mol. The summed E-state index contributed by atoms with van der Waals surface area (Å²) in [5, 5.41) is 3.20. The van der Waals surface area contributed by atoms with Crippen molar-refractivity contribution in [3.63, 3.8) is 0 Å². The summed E-state index contributed by atoms with van der Waals surface area (Å²) in [5.41, 5.74) is -0.315. The molecule has 0 spiro atoms. The molecule has 0 unspecified atom stereocenters. The van der Waals surface area contributed by atoms with E-state index >= 15 is 0 Å². The molecule has 1 aromatic carbocycles. The second-order valence-corrected chi connectivity index (χ2v) is 5.43. The Balaban J connectivity index is 2.63. The van der Waals surface area contributed by atoms with E-state index in [1.807, 2.05) is 6.92 Å². The van der Waals surface area contributed by atoms with E-state index in [1.165, 1.54) is 4.57 Å².